The van der Waals surface area contributed by atoms with Crippen molar-refractivity contribution in [2.75, 3.05) is 7.11 Å². The second-order valence-electron chi connectivity index (χ2n) is 9.12. The van der Waals surface area contributed by atoms with E-state index >= 15 is 0 Å². The molecule has 1 aliphatic carbocycles. The van der Waals surface area contributed by atoms with Crippen LogP contribution in [0.3, 0.4) is 0 Å². The molecule has 0 saturated carbocycles. The first kappa shape index (κ1) is 27.1. The Morgan fingerprint density at radius 1 is 0.725 bits per heavy atom. The Morgan fingerprint density at radius 3 is 2.00 bits per heavy atom. The number of hydrogen-bond acceptors (Lipinski definition) is 4. The highest BCUT2D eigenvalue weighted by Gasteiger charge is 2.74. The highest BCUT2D eigenvalue weighted by molar-refractivity contribution is 6.02. The number of rotatable bonds is 5. The number of benzene rings is 4. The Morgan fingerprint density at radius 2 is 1.38 bits per heavy atom. The van der Waals surface area contributed by atoms with Crippen molar-refractivity contribution in [3.63, 3.8) is 0 Å². The van der Waals surface area contributed by atoms with Crippen LogP contribution in [0.15, 0.2) is 94.1 Å². The van der Waals surface area contributed by atoms with Gasteiger partial charge in [-0.15, -0.1) is 0 Å². The van der Waals surface area contributed by atoms with Crippen LogP contribution in [0.2, 0.25) is 0 Å². The highest BCUT2D eigenvalue weighted by atomic mass is 19.4. The van der Waals surface area contributed by atoms with E-state index in [0.29, 0.717) is 40.0 Å². The number of hydrogen-bond donors (Lipinski definition) is 0. The molecular formula is C30H20F6O4. The van der Waals surface area contributed by atoms with E-state index in [1.807, 2.05) is 6.92 Å². The molecule has 0 fully saturated rings. The molecule has 1 aliphatic heterocycles. The van der Waals surface area contributed by atoms with Crippen LogP contribution in [0.5, 0.6) is 11.5 Å². The SMILES string of the molecule is COc1ccc(-c2c3ccc(=O)cc-3oc3cc(OC(c4ccccc4)(C(F)(F)F)C(F)(F)F)ccc23)c(C)c1. The molecular weight excluding hydrogens is 538 g/mol. The fraction of sp³-hybridized carbons (Fsp3) is 0.167. The van der Waals surface area contributed by atoms with Crippen molar-refractivity contribution in [3.8, 4) is 33.9 Å². The zero-order valence-electron chi connectivity index (χ0n) is 21.0. The lowest BCUT2D eigenvalue weighted by molar-refractivity contribution is -0.365. The van der Waals surface area contributed by atoms with Gasteiger partial charge in [0.25, 0.3) is 0 Å². The Kier molecular flexibility index (Phi) is 6.52. The van der Waals surface area contributed by atoms with Gasteiger partial charge in [0, 0.05) is 34.2 Å². The van der Waals surface area contributed by atoms with E-state index in [2.05, 4.69) is 0 Å². The largest absolute Gasteiger partial charge is 0.497 e. The van der Waals surface area contributed by atoms with Gasteiger partial charge in [-0.25, -0.2) is 0 Å². The smallest absolute Gasteiger partial charge is 0.442 e. The van der Waals surface area contributed by atoms with Gasteiger partial charge in [0.1, 0.15) is 22.8 Å². The van der Waals surface area contributed by atoms with Crippen LogP contribution in [0.25, 0.3) is 33.4 Å². The first-order chi connectivity index (χ1) is 18.9. The molecule has 0 unspecified atom stereocenters. The van der Waals surface area contributed by atoms with Gasteiger partial charge in [-0.2, -0.15) is 26.3 Å². The third kappa shape index (κ3) is 4.43. The zero-order valence-corrected chi connectivity index (χ0v) is 21.0. The van der Waals surface area contributed by atoms with Crippen molar-refractivity contribution in [2.45, 2.75) is 24.9 Å². The molecule has 0 amide bonds. The van der Waals surface area contributed by atoms with Gasteiger partial charge in [-0.1, -0.05) is 36.4 Å². The monoisotopic (exact) mass is 558 g/mol. The third-order valence-corrected chi connectivity index (χ3v) is 6.62. The number of methoxy groups -OCH3 is 1. The van der Waals surface area contributed by atoms with Crippen LogP contribution < -0.4 is 14.9 Å². The lowest BCUT2D eigenvalue weighted by Crippen LogP contribution is -2.58. The van der Waals surface area contributed by atoms with Gasteiger partial charge in [0.2, 0.25) is 0 Å². The summed E-state index contributed by atoms with van der Waals surface area (Å²) < 4.78 is 102. The van der Waals surface area contributed by atoms with Gasteiger partial charge in [-0.05, 0) is 54.4 Å². The summed E-state index contributed by atoms with van der Waals surface area (Å²) in [5.74, 6) is -0.0438. The Hall–Kier alpha value is -4.47. The molecule has 0 bridgehead atoms. The van der Waals surface area contributed by atoms with Crippen molar-refractivity contribution in [1.82, 2.24) is 0 Å². The number of aryl methyl sites for hydroxylation is 1. The predicted molar refractivity (Wildman–Crippen MR) is 137 cm³/mol. The second kappa shape index (κ2) is 9.62. The molecule has 2 aliphatic rings. The standard InChI is InChI=1S/C30H20F6O4/c1-17-14-20(38-2)9-12-22(17)27-23-11-8-19(37)15-25(23)39-26-16-21(10-13-24(26)27)40-28(29(31,32)33,30(34,35)36)18-6-4-3-5-7-18/h3-16H,1-2H3. The summed E-state index contributed by atoms with van der Waals surface area (Å²) in [4.78, 5) is 12.1. The van der Waals surface area contributed by atoms with Gasteiger partial charge in [0.15, 0.2) is 5.43 Å². The van der Waals surface area contributed by atoms with E-state index in [-0.39, 0.29) is 11.3 Å². The normalized spacial score (nSPS) is 12.6. The van der Waals surface area contributed by atoms with Crippen molar-refractivity contribution in [2.24, 2.45) is 0 Å². The fourth-order valence-electron chi connectivity index (χ4n) is 4.76. The van der Waals surface area contributed by atoms with Crippen LogP contribution in [0, 0.1) is 6.92 Å². The summed E-state index contributed by atoms with van der Waals surface area (Å²) in [7, 11) is 1.51. The van der Waals surface area contributed by atoms with Gasteiger partial charge >= 0.3 is 18.0 Å². The highest BCUT2D eigenvalue weighted by Crippen LogP contribution is 2.53. The Bertz CT molecular complexity index is 1710. The number of fused-ring (bicyclic) bond motifs is 2. The minimum Gasteiger partial charge on any atom is -0.497 e. The first-order valence-corrected chi connectivity index (χ1v) is 11.9. The van der Waals surface area contributed by atoms with E-state index < -0.39 is 34.7 Å². The lowest BCUT2D eigenvalue weighted by atomic mass is 9.90. The minimum atomic E-state index is -5.87. The van der Waals surface area contributed by atoms with E-state index in [9.17, 15) is 31.1 Å². The van der Waals surface area contributed by atoms with Gasteiger partial charge in [-0.3, -0.25) is 4.79 Å². The maximum absolute atomic E-state index is 14.3. The maximum atomic E-state index is 14.3. The predicted octanol–water partition coefficient (Wildman–Crippen LogP) is 8.28. The Balaban J connectivity index is 1.77. The minimum absolute atomic E-state index is 0.0767. The average Bonchev–Trinajstić information content (AvgIpc) is 2.89. The molecule has 40 heavy (non-hydrogen) atoms. The van der Waals surface area contributed by atoms with E-state index in [1.54, 1.807) is 24.3 Å². The summed E-state index contributed by atoms with van der Waals surface area (Å²) in [5, 5.41) is 0.385. The summed E-state index contributed by atoms with van der Waals surface area (Å²) in [6.45, 7) is 1.82. The molecule has 0 radical (unpaired) electrons. The zero-order chi connectivity index (χ0) is 28.9. The topological polar surface area (TPSA) is 48.7 Å². The number of halogens is 6. The summed E-state index contributed by atoms with van der Waals surface area (Å²) >= 11 is 0. The molecule has 0 aromatic heterocycles. The average molecular weight is 558 g/mol. The molecule has 5 rings (SSSR count). The summed E-state index contributed by atoms with van der Waals surface area (Å²) in [5.41, 5.74) is -3.67. The van der Waals surface area contributed by atoms with Gasteiger partial charge in [0.05, 0.1) is 7.11 Å². The van der Waals surface area contributed by atoms with Crippen LogP contribution in [-0.2, 0) is 5.60 Å². The van der Waals surface area contributed by atoms with E-state index in [4.69, 9.17) is 13.9 Å². The molecule has 206 valence electrons. The van der Waals surface area contributed by atoms with E-state index in [0.717, 1.165) is 29.8 Å². The van der Waals surface area contributed by atoms with Crippen molar-refractivity contribution in [3.05, 3.63) is 106 Å². The molecule has 3 aromatic rings. The van der Waals surface area contributed by atoms with Gasteiger partial charge < -0.3 is 13.9 Å². The molecule has 3 aromatic carbocycles. The maximum Gasteiger partial charge on any atom is 0.442 e. The molecule has 1 heterocycles. The number of alkyl halides is 6. The van der Waals surface area contributed by atoms with Crippen LogP contribution in [-0.4, -0.2) is 19.5 Å². The third-order valence-electron chi connectivity index (χ3n) is 6.62. The van der Waals surface area contributed by atoms with Crippen LogP contribution in [0.4, 0.5) is 26.3 Å². The second-order valence-corrected chi connectivity index (χ2v) is 9.12. The number of ether oxygens (including phenoxy) is 2. The summed E-state index contributed by atoms with van der Waals surface area (Å²) in [6.07, 6.45) is -11.7. The van der Waals surface area contributed by atoms with Crippen molar-refractivity contribution < 1.29 is 40.2 Å². The summed E-state index contributed by atoms with van der Waals surface area (Å²) in [6, 6.07) is 17.5. The van der Waals surface area contributed by atoms with Crippen LogP contribution in [0.1, 0.15) is 11.1 Å². The first-order valence-electron chi connectivity index (χ1n) is 11.9. The fourth-order valence-corrected chi connectivity index (χ4v) is 4.76. The molecule has 0 spiro atoms. The Labute approximate surface area is 223 Å². The molecule has 10 heteroatoms. The van der Waals surface area contributed by atoms with Crippen LogP contribution >= 0.6 is 0 Å². The van der Waals surface area contributed by atoms with Crippen molar-refractivity contribution in [1.29, 1.82) is 0 Å². The van der Waals surface area contributed by atoms with E-state index in [1.165, 1.54) is 31.4 Å². The molecule has 0 saturated heterocycles. The molecule has 0 atom stereocenters. The van der Waals surface area contributed by atoms with Crippen molar-refractivity contribution >= 4 is 11.0 Å². The molecule has 0 N–H and O–H groups in total. The quantitative estimate of drug-likeness (QED) is 0.161. The lowest BCUT2D eigenvalue weighted by Gasteiger charge is -2.37. The molecule has 4 nitrogen and oxygen atoms in total.